The molecule has 2 heteroatoms. The normalized spacial score (nSPS) is 11.2. The Hall–Kier alpha value is -2.74. The fourth-order valence-corrected chi connectivity index (χ4v) is 3.30. The number of aromatic nitrogens is 1. The molecule has 3 rings (SSSR count). The predicted molar refractivity (Wildman–Crippen MR) is 106 cm³/mol. The number of nitrogens with zero attached hydrogens (tertiary/aromatic N) is 1. The zero-order valence-electron chi connectivity index (χ0n) is 15.9. The zero-order chi connectivity index (χ0) is 18.7. The first-order valence-corrected chi connectivity index (χ1v) is 9.23. The number of rotatable bonds is 5. The maximum atomic E-state index is 12.8. The van der Waals surface area contributed by atoms with Gasteiger partial charge in [-0.25, -0.2) is 0 Å². The lowest BCUT2D eigenvalue weighted by Crippen LogP contribution is -2.39. The summed E-state index contributed by atoms with van der Waals surface area (Å²) in [6, 6.07) is 22.3. The van der Waals surface area contributed by atoms with Gasteiger partial charge in [-0.15, -0.1) is 0 Å². The monoisotopic (exact) mass is 344 g/mol. The standard InChI is InChI=1S/C24H26NO/c1-17(2)21-12-8-9-13-22(21)23-15-14-20(16-25(23)18(3)4)24(26)19-10-6-5-7-11-19/h5-18H,1-4H3/q+1. The zero-order valence-corrected chi connectivity index (χ0v) is 15.9. The van der Waals surface area contributed by atoms with Crippen molar-refractivity contribution in [1.82, 2.24) is 0 Å². The lowest BCUT2D eigenvalue weighted by Gasteiger charge is -2.14. The smallest absolute Gasteiger partial charge is 0.213 e. The Morgan fingerprint density at radius 1 is 0.769 bits per heavy atom. The SMILES string of the molecule is CC(C)c1ccccc1-c1ccc(C(=O)c2ccccc2)c[n+]1C(C)C. The van der Waals surface area contributed by atoms with Crippen LogP contribution >= 0.6 is 0 Å². The third kappa shape index (κ3) is 3.60. The van der Waals surface area contributed by atoms with E-state index >= 15 is 0 Å². The minimum atomic E-state index is 0.0590. The first-order valence-electron chi connectivity index (χ1n) is 9.23. The second-order valence-corrected chi connectivity index (χ2v) is 7.24. The van der Waals surface area contributed by atoms with E-state index in [2.05, 4.69) is 62.6 Å². The number of benzene rings is 2. The number of hydrogen-bond acceptors (Lipinski definition) is 1. The summed E-state index contributed by atoms with van der Waals surface area (Å²) in [4.78, 5) is 12.8. The third-order valence-corrected chi connectivity index (χ3v) is 4.69. The van der Waals surface area contributed by atoms with Gasteiger partial charge in [0.1, 0.15) is 0 Å². The summed E-state index contributed by atoms with van der Waals surface area (Å²) in [6.45, 7) is 8.73. The molecule has 0 atom stereocenters. The van der Waals surface area contributed by atoms with Gasteiger partial charge in [0.25, 0.3) is 0 Å². The molecule has 3 aromatic rings. The van der Waals surface area contributed by atoms with Gasteiger partial charge in [0, 0.05) is 17.2 Å². The molecule has 0 saturated carbocycles. The van der Waals surface area contributed by atoms with Crippen LogP contribution in [0.1, 0.15) is 61.1 Å². The highest BCUT2D eigenvalue weighted by Gasteiger charge is 2.22. The minimum Gasteiger partial charge on any atom is -0.288 e. The molecule has 0 aliphatic heterocycles. The van der Waals surface area contributed by atoms with Crippen LogP contribution in [0.25, 0.3) is 11.3 Å². The lowest BCUT2D eigenvalue weighted by atomic mass is 9.94. The van der Waals surface area contributed by atoms with E-state index in [1.54, 1.807) is 0 Å². The molecule has 0 aliphatic rings. The molecule has 1 aromatic heterocycles. The van der Waals surface area contributed by atoms with Crippen molar-refractivity contribution in [3.05, 3.63) is 89.6 Å². The second kappa shape index (κ2) is 7.65. The van der Waals surface area contributed by atoms with Crippen LogP contribution < -0.4 is 4.57 Å². The Labute approximate surface area is 156 Å². The fraction of sp³-hybridized carbons (Fsp3) is 0.250. The first kappa shape index (κ1) is 18.1. The molecule has 0 fully saturated rings. The van der Waals surface area contributed by atoms with Crippen molar-refractivity contribution in [1.29, 1.82) is 0 Å². The molecule has 2 aromatic carbocycles. The van der Waals surface area contributed by atoms with Crippen molar-refractivity contribution in [2.24, 2.45) is 0 Å². The lowest BCUT2D eigenvalue weighted by molar-refractivity contribution is -0.705. The van der Waals surface area contributed by atoms with Crippen LogP contribution in [0.3, 0.4) is 0 Å². The number of carbonyl (C=O) groups excluding carboxylic acids is 1. The van der Waals surface area contributed by atoms with E-state index in [-0.39, 0.29) is 11.8 Å². The number of ketones is 1. The Morgan fingerprint density at radius 2 is 1.42 bits per heavy atom. The highest BCUT2D eigenvalue weighted by molar-refractivity contribution is 6.08. The highest BCUT2D eigenvalue weighted by atomic mass is 16.1. The summed E-state index contributed by atoms with van der Waals surface area (Å²) in [5.41, 5.74) is 5.14. The van der Waals surface area contributed by atoms with Gasteiger partial charge in [0.15, 0.2) is 18.0 Å². The maximum absolute atomic E-state index is 12.8. The minimum absolute atomic E-state index is 0.0590. The largest absolute Gasteiger partial charge is 0.288 e. The van der Waals surface area contributed by atoms with Crippen LogP contribution in [0.4, 0.5) is 0 Å². The quantitative estimate of drug-likeness (QED) is 0.437. The van der Waals surface area contributed by atoms with Crippen LogP contribution in [-0.2, 0) is 0 Å². The number of hydrogen-bond donors (Lipinski definition) is 0. The summed E-state index contributed by atoms with van der Waals surface area (Å²) in [5, 5.41) is 0. The van der Waals surface area contributed by atoms with E-state index in [1.165, 1.54) is 11.1 Å². The number of carbonyl (C=O) groups is 1. The van der Waals surface area contributed by atoms with Crippen molar-refractivity contribution in [3.8, 4) is 11.3 Å². The molecule has 0 saturated heterocycles. The van der Waals surface area contributed by atoms with E-state index in [0.29, 0.717) is 5.92 Å². The Balaban J connectivity index is 2.11. The van der Waals surface area contributed by atoms with Crippen LogP contribution in [-0.4, -0.2) is 5.78 Å². The summed E-state index contributed by atoms with van der Waals surface area (Å²) >= 11 is 0. The highest BCUT2D eigenvalue weighted by Crippen LogP contribution is 2.28. The van der Waals surface area contributed by atoms with Gasteiger partial charge in [-0.05, 0) is 37.5 Å². The van der Waals surface area contributed by atoms with Crippen LogP contribution in [0, 0.1) is 0 Å². The van der Waals surface area contributed by atoms with Crippen molar-refractivity contribution in [2.75, 3.05) is 0 Å². The van der Waals surface area contributed by atoms with Crippen LogP contribution in [0.15, 0.2) is 72.9 Å². The molecular formula is C24H26NO+. The van der Waals surface area contributed by atoms with Gasteiger partial charge in [0.2, 0.25) is 5.69 Å². The molecule has 0 aliphatic carbocycles. The molecular weight excluding hydrogens is 318 g/mol. The average Bonchev–Trinajstić information content (AvgIpc) is 2.67. The van der Waals surface area contributed by atoms with Gasteiger partial charge in [-0.1, -0.05) is 62.4 Å². The van der Waals surface area contributed by atoms with Gasteiger partial charge in [-0.2, -0.15) is 4.57 Å². The van der Waals surface area contributed by atoms with Crippen molar-refractivity contribution < 1.29 is 9.36 Å². The Bertz CT molecular complexity index is 911. The number of pyridine rings is 1. The van der Waals surface area contributed by atoms with Gasteiger partial charge < -0.3 is 0 Å². The van der Waals surface area contributed by atoms with Crippen LogP contribution in [0.5, 0.6) is 0 Å². The van der Waals surface area contributed by atoms with E-state index in [4.69, 9.17) is 0 Å². The Morgan fingerprint density at radius 3 is 2.08 bits per heavy atom. The van der Waals surface area contributed by atoms with Crippen LogP contribution in [0.2, 0.25) is 0 Å². The maximum Gasteiger partial charge on any atom is 0.213 e. The molecule has 0 N–H and O–H groups in total. The Kier molecular flexibility index (Phi) is 5.32. The molecule has 2 nitrogen and oxygen atoms in total. The molecule has 0 unspecified atom stereocenters. The van der Waals surface area contributed by atoms with Gasteiger partial charge in [-0.3, -0.25) is 4.79 Å². The van der Waals surface area contributed by atoms with Gasteiger partial charge >= 0.3 is 0 Å². The molecule has 0 radical (unpaired) electrons. The topological polar surface area (TPSA) is 20.9 Å². The predicted octanol–water partition coefficient (Wildman–Crippen LogP) is 5.58. The first-order chi connectivity index (χ1) is 12.5. The van der Waals surface area contributed by atoms with E-state index in [9.17, 15) is 4.79 Å². The molecule has 132 valence electrons. The average molecular weight is 344 g/mol. The molecule has 1 heterocycles. The van der Waals surface area contributed by atoms with E-state index < -0.39 is 0 Å². The van der Waals surface area contributed by atoms with E-state index in [1.807, 2.05) is 42.6 Å². The van der Waals surface area contributed by atoms with Crippen molar-refractivity contribution in [2.45, 2.75) is 39.7 Å². The van der Waals surface area contributed by atoms with Gasteiger partial charge in [0.05, 0.1) is 5.56 Å². The molecule has 0 amide bonds. The summed E-state index contributed by atoms with van der Waals surface area (Å²) in [7, 11) is 0. The third-order valence-electron chi connectivity index (χ3n) is 4.69. The summed E-state index contributed by atoms with van der Waals surface area (Å²) in [6.07, 6.45) is 1.99. The fourth-order valence-electron chi connectivity index (χ4n) is 3.30. The summed E-state index contributed by atoms with van der Waals surface area (Å²) in [5.74, 6) is 0.501. The second-order valence-electron chi connectivity index (χ2n) is 7.24. The molecule has 0 spiro atoms. The van der Waals surface area contributed by atoms with Crippen molar-refractivity contribution >= 4 is 5.78 Å². The molecule has 0 bridgehead atoms. The molecule has 26 heavy (non-hydrogen) atoms. The van der Waals surface area contributed by atoms with Crippen molar-refractivity contribution in [3.63, 3.8) is 0 Å². The van der Waals surface area contributed by atoms with E-state index in [0.717, 1.165) is 16.8 Å². The summed E-state index contributed by atoms with van der Waals surface area (Å²) < 4.78 is 2.21.